The summed E-state index contributed by atoms with van der Waals surface area (Å²) in [5, 5.41) is 12.1. The third-order valence-electron chi connectivity index (χ3n) is 2.35. The minimum absolute atomic E-state index is 0.0356. The largest absolute Gasteiger partial charge is 0.389 e. The summed E-state index contributed by atoms with van der Waals surface area (Å²) in [7, 11) is 0. The zero-order valence-electron chi connectivity index (χ0n) is 10.0. The Bertz CT molecular complexity index is 566. The van der Waals surface area contributed by atoms with Crippen LogP contribution in [0.1, 0.15) is 28.4 Å². The molecule has 94 valence electrons. The van der Waals surface area contributed by atoms with Gasteiger partial charge >= 0.3 is 0 Å². The van der Waals surface area contributed by atoms with E-state index in [1.54, 1.807) is 23.6 Å². The van der Waals surface area contributed by atoms with E-state index in [0.29, 0.717) is 16.4 Å². The number of rotatable bonds is 4. The summed E-state index contributed by atoms with van der Waals surface area (Å²) >= 11 is 6.62. The molecule has 2 heterocycles. The smallest absolute Gasteiger partial charge is 0.159 e. The standard InChI is InChI=1S/C11H13N5S2/c1-6-5-13-11(18-6)7(2)15-10-8(9(12)17)3-4-14-16-10/h3-5,7H,1-2H3,(H2,12,17)(H,15,16). The number of nitrogens with zero attached hydrogens (tertiary/aromatic N) is 3. The first-order valence-corrected chi connectivity index (χ1v) is 6.60. The minimum atomic E-state index is 0.0356. The highest BCUT2D eigenvalue weighted by molar-refractivity contribution is 7.80. The molecule has 2 rings (SSSR count). The van der Waals surface area contributed by atoms with Crippen LogP contribution in [0, 0.1) is 6.92 Å². The lowest BCUT2D eigenvalue weighted by atomic mass is 10.2. The zero-order chi connectivity index (χ0) is 13.1. The van der Waals surface area contributed by atoms with E-state index in [1.807, 2.05) is 20.0 Å². The first kappa shape index (κ1) is 12.8. The molecule has 2 aromatic heterocycles. The lowest BCUT2D eigenvalue weighted by Crippen LogP contribution is -2.16. The Labute approximate surface area is 114 Å². The molecular formula is C11H13N5S2. The molecule has 0 aliphatic rings. The highest BCUT2D eigenvalue weighted by atomic mass is 32.1. The van der Waals surface area contributed by atoms with Gasteiger partial charge in [0.25, 0.3) is 0 Å². The number of nitrogens with one attached hydrogen (secondary N) is 1. The van der Waals surface area contributed by atoms with Crippen molar-refractivity contribution in [3.63, 3.8) is 0 Å². The Hall–Kier alpha value is -1.60. The number of thiazole rings is 1. The van der Waals surface area contributed by atoms with E-state index < -0.39 is 0 Å². The number of nitrogens with two attached hydrogens (primary N) is 1. The van der Waals surface area contributed by atoms with E-state index >= 15 is 0 Å². The minimum Gasteiger partial charge on any atom is -0.389 e. The molecule has 0 aliphatic carbocycles. The SMILES string of the molecule is Cc1cnc(C(C)Nc2nnccc2C(N)=S)s1. The van der Waals surface area contributed by atoms with Gasteiger partial charge in [0.05, 0.1) is 17.8 Å². The van der Waals surface area contributed by atoms with Crippen LogP contribution in [0.5, 0.6) is 0 Å². The van der Waals surface area contributed by atoms with Crippen molar-refractivity contribution in [3.8, 4) is 0 Å². The maximum Gasteiger partial charge on any atom is 0.159 e. The molecule has 7 heteroatoms. The molecule has 0 aliphatic heterocycles. The molecule has 0 saturated heterocycles. The van der Waals surface area contributed by atoms with Crippen molar-refractivity contribution in [3.05, 3.63) is 33.9 Å². The van der Waals surface area contributed by atoms with E-state index in [4.69, 9.17) is 18.0 Å². The molecule has 2 aromatic rings. The summed E-state index contributed by atoms with van der Waals surface area (Å²) in [6.45, 7) is 4.03. The van der Waals surface area contributed by atoms with Gasteiger partial charge in [0, 0.05) is 11.1 Å². The molecule has 1 unspecified atom stereocenters. The van der Waals surface area contributed by atoms with Gasteiger partial charge in [-0.1, -0.05) is 12.2 Å². The number of aromatic nitrogens is 3. The fourth-order valence-electron chi connectivity index (χ4n) is 1.48. The summed E-state index contributed by atoms with van der Waals surface area (Å²) in [6, 6.07) is 1.78. The first-order valence-electron chi connectivity index (χ1n) is 5.38. The highest BCUT2D eigenvalue weighted by Gasteiger charge is 2.13. The number of hydrogen-bond acceptors (Lipinski definition) is 6. The molecule has 0 aromatic carbocycles. The van der Waals surface area contributed by atoms with Crippen LogP contribution in [-0.2, 0) is 0 Å². The van der Waals surface area contributed by atoms with Gasteiger partial charge in [-0.15, -0.1) is 16.4 Å². The topological polar surface area (TPSA) is 76.7 Å². The van der Waals surface area contributed by atoms with Gasteiger partial charge in [0.15, 0.2) is 5.82 Å². The molecule has 0 fully saturated rings. The Morgan fingerprint density at radius 3 is 2.94 bits per heavy atom. The second kappa shape index (κ2) is 5.36. The second-order valence-electron chi connectivity index (χ2n) is 3.83. The van der Waals surface area contributed by atoms with Gasteiger partial charge in [0.1, 0.15) is 10.00 Å². The zero-order valence-corrected chi connectivity index (χ0v) is 11.7. The van der Waals surface area contributed by atoms with Gasteiger partial charge in [0.2, 0.25) is 0 Å². The van der Waals surface area contributed by atoms with Gasteiger partial charge < -0.3 is 11.1 Å². The summed E-state index contributed by atoms with van der Waals surface area (Å²) in [5.74, 6) is 0.588. The quantitative estimate of drug-likeness (QED) is 0.834. The number of hydrogen-bond donors (Lipinski definition) is 2. The summed E-state index contributed by atoms with van der Waals surface area (Å²) in [6.07, 6.45) is 3.42. The van der Waals surface area contributed by atoms with Gasteiger partial charge in [-0.3, -0.25) is 0 Å². The summed E-state index contributed by atoms with van der Waals surface area (Å²) in [5.41, 5.74) is 6.34. The van der Waals surface area contributed by atoms with Crippen LogP contribution < -0.4 is 11.1 Å². The molecule has 0 saturated carbocycles. The summed E-state index contributed by atoms with van der Waals surface area (Å²) in [4.78, 5) is 5.80. The molecule has 0 radical (unpaired) electrons. The van der Waals surface area contributed by atoms with Crippen molar-refractivity contribution in [1.29, 1.82) is 0 Å². The van der Waals surface area contributed by atoms with Crippen molar-refractivity contribution in [2.24, 2.45) is 5.73 Å². The van der Waals surface area contributed by atoms with Gasteiger partial charge in [-0.2, -0.15) is 5.10 Å². The molecule has 0 bridgehead atoms. The fourth-order valence-corrected chi connectivity index (χ4v) is 2.42. The number of anilines is 1. The number of thiocarbonyl (C=S) groups is 1. The van der Waals surface area contributed by atoms with E-state index in [9.17, 15) is 0 Å². The molecule has 3 N–H and O–H groups in total. The Morgan fingerprint density at radius 2 is 2.33 bits per heavy atom. The van der Waals surface area contributed by atoms with Crippen molar-refractivity contribution < 1.29 is 0 Å². The normalized spacial score (nSPS) is 12.1. The Morgan fingerprint density at radius 1 is 1.56 bits per heavy atom. The molecule has 5 nitrogen and oxygen atoms in total. The summed E-state index contributed by atoms with van der Waals surface area (Å²) < 4.78 is 0. The Balaban J connectivity index is 2.21. The molecular weight excluding hydrogens is 266 g/mol. The van der Waals surface area contributed by atoms with E-state index in [0.717, 1.165) is 5.01 Å². The van der Waals surface area contributed by atoms with Crippen LogP contribution >= 0.6 is 23.6 Å². The van der Waals surface area contributed by atoms with Crippen molar-refractivity contribution in [1.82, 2.24) is 15.2 Å². The third-order valence-corrected chi connectivity index (χ3v) is 3.66. The van der Waals surface area contributed by atoms with Crippen LogP contribution in [0.2, 0.25) is 0 Å². The van der Waals surface area contributed by atoms with E-state index in [-0.39, 0.29) is 6.04 Å². The first-order chi connectivity index (χ1) is 8.58. The average molecular weight is 279 g/mol. The van der Waals surface area contributed by atoms with Crippen LogP contribution in [0.25, 0.3) is 0 Å². The van der Waals surface area contributed by atoms with Gasteiger partial charge in [-0.25, -0.2) is 4.98 Å². The van der Waals surface area contributed by atoms with Crippen LogP contribution in [0.3, 0.4) is 0 Å². The van der Waals surface area contributed by atoms with Crippen molar-refractivity contribution >= 4 is 34.4 Å². The van der Waals surface area contributed by atoms with Crippen LogP contribution in [0.15, 0.2) is 18.5 Å². The third kappa shape index (κ3) is 2.80. The number of aryl methyl sites for hydroxylation is 1. The predicted molar refractivity (Wildman–Crippen MR) is 76.8 cm³/mol. The van der Waals surface area contributed by atoms with Crippen molar-refractivity contribution in [2.75, 3.05) is 5.32 Å². The molecule has 18 heavy (non-hydrogen) atoms. The maximum atomic E-state index is 5.64. The predicted octanol–water partition coefficient (Wildman–Crippen LogP) is 2.05. The lowest BCUT2D eigenvalue weighted by molar-refractivity contribution is 0.848. The van der Waals surface area contributed by atoms with Crippen LogP contribution in [-0.4, -0.2) is 20.2 Å². The average Bonchev–Trinajstić information content (AvgIpc) is 2.76. The molecule has 0 spiro atoms. The van der Waals surface area contributed by atoms with Crippen molar-refractivity contribution in [2.45, 2.75) is 19.9 Å². The second-order valence-corrected chi connectivity index (χ2v) is 5.54. The molecule has 1 atom stereocenters. The highest BCUT2D eigenvalue weighted by Crippen LogP contribution is 2.23. The lowest BCUT2D eigenvalue weighted by Gasteiger charge is -2.13. The Kier molecular flexibility index (Phi) is 3.83. The molecule has 0 amide bonds. The van der Waals surface area contributed by atoms with Crippen LogP contribution in [0.4, 0.5) is 5.82 Å². The maximum absolute atomic E-state index is 5.64. The fraction of sp³-hybridized carbons (Fsp3) is 0.273. The monoisotopic (exact) mass is 279 g/mol. The van der Waals surface area contributed by atoms with Gasteiger partial charge in [-0.05, 0) is 19.9 Å². The van der Waals surface area contributed by atoms with E-state index in [1.165, 1.54) is 4.88 Å². The van der Waals surface area contributed by atoms with E-state index in [2.05, 4.69) is 20.5 Å².